The number of para-hydroxylation sites is 1. The van der Waals surface area contributed by atoms with Gasteiger partial charge in [0.2, 0.25) is 5.89 Å². The molecule has 0 bridgehead atoms. The van der Waals surface area contributed by atoms with E-state index in [4.69, 9.17) is 14.4 Å². The topological polar surface area (TPSA) is 59.2 Å². The first-order valence-corrected chi connectivity index (χ1v) is 20.6. The van der Waals surface area contributed by atoms with Crippen LogP contribution >= 0.6 is 0 Å². The van der Waals surface area contributed by atoms with Gasteiger partial charge in [0.15, 0.2) is 0 Å². The van der Waals surface area contributed by atoms with Crippen LogP contribution in [0, 0.1) is 6.07 Å². The Balaban J connectivity index is 0.00000544. The van der Waals surface area contributed by atoms with E-state index in [0.717, 1.165) is 50.2 Å². The van der Waals surface area contributed by atoms with Crippen molar-refractivity contribution in [1.29, 1.82) is 0 Å². The molecule has 60 heavy (non-hydrogen) atoms. The minimum absolute atomic E-state index is 0. The average Bonchev–Trinajstić information content (AvgIpc) is 3.68. The molecule has 0 saturated carbocycles. The molecule has 0 amide bonds. The smallest absolute Gasteiger partial charge is 0.230 e. The molecule has 2 heterocycles. The van der Waals surface area contributed by atoms with E-state index < -0.39 is 0 Å². The fourth-order valence-electron chi connectivity index (χ4n) is 8.00. The maximum atomic E-state index is 11.8. The number of hydrogen-bond acceptors (Lipinski definition) is 4. The van der Waals surface area contributed by atoms with Crippen molar-refractivity contribution >= 4 is 11.1 Å². The van der Waals surface area contributed by atoms with E-state index in [9.17, 15) is 5.11 Å². The summed E-state index contributed by atoms with van der Waals surface area (Å²) in [4.78, 5) is 10.0. The van der Waals surface area contributed by atoms with Crippen LogP contribution < -0.4 is 0 Å². The van der Waals surface area contributed by atoms with Crippen molar-refractivity contribution in [2.45, 2.75) is 84.5 Å². The molecule has 2 aromatic heterocycles. The van der Waals surface area contributed by atoms with Crippen LogP contribution in [0.2, 0.25) is 0 Å². The Labute approximate surface area is 370 Å². The molecule has 0 aliphatic carbocycles. The average molecular weight is 969 g/mol. The molecule has 1 unspecified atom stereocenters. The number of pyridine rings is 1. The molecule has 8 rings (SSSR count). The van der Waals surface area contributed by atoms with Gasteiger partial charge >= 0.3 is 0 Å². The van der Waals surface area contributed by atoms with E-state index in [1.54, 1.807) is 0 Å². The molecule has 0 spiro atoms. The van der Waals surface area contributed by atoms with Gasteiger partial charge in [0.25, 0.3) is 0 Å². The van der Waals surface area contributed by atoms with Gasteiger partial charge in [-0.3, -0.25) is 4.98 Å². The Hall–Kier alpha value is -5.57. The number of rotatable bonds is 8. The number of benzene rings is 6. The second-order valence-corrected chi connectivity index (χ2v) is 18.5. The second-order valence-electron chi connectivity index (χ2n) is 18.5. The van der Waals surface area contributed by atoms with Gasteiger partial charge in [-0.15, -0.1) is 29.3 Å². The van der Waals surface area contributed by atoms with Crippen LogP contribution in [0.1, 0.15) is 102 Å². The molecule has 1 N–H and O–H groups in total. The number of aromatic hydroxyl groups is 1. The predicted octanol–water partition coefficient (Wildman–Crippen LogP) is 14.5. The van der Waals surface area contributed by atoms with Gasteiger partial charge in [-0.2, -0.15) is 0 Å². The molecule has 6 aromatic carbocycles. The first-order valence-electron chi connectivity index (χ1n) is 20.6. The van der Waals surface area contributed by atoms with Gasteiger partial charge in [-0.1, -0.05) is 183 Å². The molecule has 0 radical (unpaired) electrons. The number of oxazole rings is 1. The van der Waals surface area contributed by atoms with Crippen molar-refractivity contribution in [2.75, 3.05) is 0 Å². The molecule has 4 nitrogen and oxygen atoms in total. The van der Waals surface area contributed by atoms with E-state index in [-0.39, 0.29) is 49.0 Å². The van der Waals surface area contributed by atoms with Crippen LogP contribution in [0.4, 0.5) is 0 Å². The van der Waals surface area contributed by atoms with Crippen molar-refractivity contribution in [3.8, 4) is 50.7 Å². The predicted molar refractivity (Wildman–Crippen MR) is 244 cm³/mol. The zero-order chi connectivity index (χ0) is 41.7. The molecule has 5 heteroatoms. The Kier molecular flexibility index (Phi) is 11.7. The third-order valence-electron chi connectivity index (χ3n) is 11.9. The van der Waals surface area contributed by atoms with E-state index in [0.29, 0.717) is 22.6 Å². The third kappa shape index (κ3) is 8.41. The standard InChI is InChI=1S/C55H53N2O2.Pt/c1-35(36-17-12-10-13-18-36)39-32-46(51(58)47(33-39)54(5,6)7)52-57-50-45(21-16-22-49(50)59-52)40-29-41(31-44(30-40)53(2,3)4)48-34-38(27-28-56-48)37-23-25-43(26-24-37)55(8,9)42-19-14-11-15-20-42;/h10-28,30-35,58H,1-9H3;/q-1;. The summed E-state index contributed by atoms with van der Waals surface area (Å²) in [7, 11) is 0. The fourth-order valence-corrected chi connectivity index (χ4v) is 8.00. The quantitative estimate of drug-likeness (QED) is 0.154. The molecular formula is C55H53N2O2Pt-. The maximum absolute atomic E-state index is 11.8. The van der Waals surface area contributed by atoms with Crippen molar-refractivity contribution in [1.82, 2.24) is 9.97 Å². The van der Waals surface area contributed by atoms with Gasteiger partial charge in [0.1, 0.15) is 11.3 Å². The van der Waals surface area contributed by atoms with E-state index in [2.05, 4.69) is 184 Å². The van der Waals surface area contributed by atoms with Gasteiger partial charge in [0, 0.05) is 49.9 Å². The number of nitrogens with zero attached hydrogens (tertiary/aromatic N) is 2. The molecular weight excluding hydrogens is 916 g/mol. The molecule has 8 aromatic rings. The monoisotopic (exact) mass is 968 g/mol. The number of phenols is 1. The van der Waals surface area contributed by atoms with Crippen molar-refractivity contribution in [2.24, 2.45) is 0 Å². The van der Waals surface area contributed by atoms with Crippen LogP contribution in [-0.4, -0.2) is 15.1 Å². The summed E-state index contributed by atoms with van der Waals surface area (Å²) >= 11 is 0. The minimum atomic E-state index is -0.310. The zero-order valence-electron chi connectivity index (χ0n) is 36.0. The Morgan fingerprint density at radius 1 is 0.583 bits per heavy atom. The molecule has 0 aliphatic heterocycles. The Morgan fingerprint density at radius 2 is 1.23 bits per heavy atom. The Bertz CT molecular complexity index is 2770. The van der Waals surface area contributed by atoms with Gasteiger partial charge in [0.05, 0.1) is 11.1 Å². The first kappa shape index (κ1) is 42.5. The van der Waals surface area contributed by atoms with Crippen molar-refractivity contribution in [3.05, 3.63) is 185 Å². The van der Waals surface area contributed by atoms with Crippen molar-refractivity contribution < 1.29 is 30.6 Å². The first-order chi connectivity index (χ1) is 28.1. The third-order valence-corrected chi connectivity index (χ3v) is 11.9. The van der Waals surface area contributed by atoms with Gasteiger partial charge in [-0.05, 0) is 62.4 Å². The second kappa shape index (κ2) is 16.5. The number of fused-ring (bicyclic) bond motifs is 1. The van der Waals surface area contributed by atoms with Crippen LogP contribution in [0.15, 0.2) is 150 Å². The number of hydrogen-bond donors (Lipinski definition) is 1. The van der Waals surface area contributed by atoms with Crippen LogP contribution in [0.3, 0.4) is 0 Å². The summed E-state index contributed by atoms with van der Waals surface area (Å²) in [6, 6.07) is 52.6. The van der Waals surface area contributed by atoms with E-state index in [1.807, 2.05) is 30.5 Å². The molecule has 0 aliphatic rings. The largest absolute Gasteiger partial charge is 0.507 e. The van der Waals surface area contributed by atoms with E-state index >= 15 is 0 Å². The van der Waals surface area contributed by atoms with Gasteiger partial charge in [-0.25, -0.2) is 4.98 Å². The molecule has 306 valence electrons. The van der Waals surface area contributed by atoms with Crippen molar-refractivity contribution in [3.63, 3.8) is 0 Å². The summed E-state index contributed by atoms with van der Waals surface area (Å²) in [5, 5.41) is 11.8. The molecule has 0 fully saturated rings. The van der Waals surface area contributed by atoms with Crippen LogP contribution in [0.5, 0.6) is 5.75 Å². The summed E-state index contributed by atoms with van der Waals surface area (Å²) in [6.07, 6.45) is 1.89. The zero-order valence-corrected chi connectivity index (χ0v) is 38.3. The Morgan fingerprint density at radius 3 is 1.90 bits per heavy atom. The normalized spacial score (nSPS) is 12.6. The maximum Gasteiger partial charge on any atom is 0.230 e. The summed E-state index contributed by atoms with van der Waals surface area (Å²) in [5.74, 6) is 0.680. The van der Waals surface area contributed by atoms with Crippen LogP contribution in [0.25, 0.3) is 56.1 Å². The van der Waals surface area contributed by atoms with E-state index in [1.165, 1.54) is 16.7 Å². The summed E-state index contributed by atoms with van der Waals surface area (Å²) in [6.45, 7) is 19.8. The fraction of sp³-hybridized carbons (Fsp3) is 0.236. The summed E-state index contributed by atoms with van der Waals surface area (Å²) < 4.78 is 6.54. The number of phenolic OH excluding ortho intramolecular Hbond substituents is 1. The SMILES string of the molecule is CC(c1ccccc1)c1cc(-c2nc3c(-c4[c-]c(-c5cc(-c6ccc(C(C)(C)c7ccccc7)cc6)ccn5)cc(C(C)(C)C)c4)cccc3o2)c(O)c(C(C)(C)C)c1.[Pt]. The number of aromatic nitrogens is 2. The summed E-state index contributed by atoms with van der Waals surface area (Å²) in [5.41, 5.74) is 14.0. The minimum Gasteiger partial charge on any atom is -0.507 e. The van der Waals surface area contributed by atoms with Gasteiger partial charge < -0.3 is 9.52 Å². The molecule has 1 atom stereocenters. The molecule has 0 saturated heterocycles. The van der Waals surface area contributed by atoms with Crippen LogP contribution in [-0.2, 0) is 37.3 Å².